The van der Waals surface area contributed by atoms with Gasteiger partial charge < -0.3 is 10.6 Å². The van der Waals surface area contributed by atoms with Crippen LogP contribution in [-0.4, -0.2) is 53.8 Å². The van der Waals surface area contributed by atoms with Gasteiger partial charge in [0.2, 0.25) is 11.8 Å². The number of likely N-dealkylation sites (tertiary alicyclic amines) is 2. The maximum Gasteiger partial charge on any atom is 0.239 e. The number of rotatable bonds is 3. The minimum Gasteiger partial charge on any atom is -0.369 e. The quantitative estimate of drug-likeness (QED) is 0.851. The van der Waals surface area contributed by atoms with E-state index in [1.807, 2.05) is 11.8 Å². The summed E-state index contributed by atoms with van der Waals surface area (Å²) in [5, 5.41) is 0. The third-order valence-corrected chi connectivity index (χ3v) is 5.09. The number of carbonyl (C=O) groups excluding carboxylic acids is 2. The van der Waals surface area contributed by atoms with E-state index in [9.17, 15) is 9.59 Å². The molecule has 0 bridgehead atoms. The molecule has 3 atom stereocenters. The second kappa shape index (κ2) is 7.25. The van der Waals surface area contributed by atoms with Gasteiger partial charge in [0.25, 0.3) is 0 Å². The molecule has 21 heavy (non-hydrogen) atoms. The van der Waals surface area contributed by atoms with Crippen LogP contribution in [0.1, 0.15) is 46.0 Å². The third-order valence-electron chi connectivity index (χ3n) is 5.09. The number of primary amides is 1. The van der Waals surface area contributed by atoms with Crippen molar-refractivity contribution in [2.24, 2.45) is 17.6 Å². The van der Waals surface area contributed by atoms with E-state index < -0.39 is 0 Å². The SMILES string of the molecule is C[C@@H]1CCCN([C@H](C)C(=O)N2CCC[C@H](C(N)=O)C2)CC1. The molecule has 0 radical (unpaired) electrons. The number of hydrogen-bond donors (Lipinski definition) is 1. The van der Waals surface area contributed by atoms with E-state index >= 15 is 0 Å². The predicted molar refractivity (Wildman–Crippen MR) is 82.5 cm³/mol. The second-order valence-electron chi connectivity index (χ2n) is 6.77. The molecule has 2 N–H and O–H groups in total. The van der Waals surface area contributed by atoms with Crippen molar-refractivity contribution in [1.29, 1.82) is 0 Å². The smallest absolute Gasteiger partial charge is 0.239 e. The average Bonchev–Trinajstić information content (AvgIpc) is 2.70. The lowest BCUT2D eigenvalue weighted by molar-refractivity contribution is -0.139. The highest BCUT2D eigenvalue weighted by Gasteiger charge is 2.32. The van der Waals surface area contributed by atoms with Gasteiger partial charge in [0, 0.05) is 13.1 Å². The lowest BCUT2D eigenvalue weighted by atomic mass is 9.97. The summed E-state index contributed by atoms with van der Waals surface area (Å²) in [7, 11) is 0. The minimum atomic E-state index is -0.274. The zero-order valence-corrected chi connectivity index (χ0v) is 13.4. The fourth-order valence-electron chi connectivity index (χ4n) is 3.50. The van der Waals surface area contributed by atoms with E-state index in [1.54, 1.807) is 0 Å². The first-order valence-corrected chi connectivity index (χ1v) is 8.31. The van der Waals surface area contributed by atoms with Gasteiger partial charge in [-0.3, -0.25) is 14.5 Å². The highest BCUT2D eigenvalue weighted by atomic mass is 16.2. The summed E-state index contributed by atoms with van der Waals surface area (Å²) in [6, 6.07) is -0.0815. The molecule has 2 saturated heterocycles. The molecule has 5 nitrogen and oxygen atoms in total. The van der Waals surface area contributed by atoms with Crippen molar-refractivity contribution in [1.82, 2.24) is 9.80 Å². The summed E-state index contributed by atoms with van der Waals surface area (Å²) in [6.07, 6.45) is 5.28. The highest BCUT2D eigenvalue weighted by molar-refractivity contribution is 5.83. The molecule has 2 aliphatic heterocycles. The van der Waals surface area contributed by atoms with Crippen molar-refractivity contribution in [2.45, 2.75) is 52.0 Å². The lowest BCUT2D eigenvalue weighted by Crippen LogP contribution is -2.51. The monoisotopic (exact) mass is 295 g/mol. The highest BCUT2D eigenvalue weighted by Crippen LogP contribution is 2.21. The topological polar surface area (TPSA) is 66.6 Å². The summed E-state index contributed by atoms with van der Waals surface area (Å²) in [6.45, 7) is 7.57. The van der Waals surface area contributed by atoms with Crippen molar-refractivity contribution in [2.75, 3.05) is 26.2 Å². The number of nitrogens with zero attached hydrogens (tertiary/aromatic N) is 2. The van der Waals surface area contributed by atoms with Crippen LogP contribution in [-0.2, 0) is 9.59 Å². The molecule has 0 saturated carbocycles. The molecular formula is C16H29N3O2. The summed E-state index contributed by atoms with van der Waals surface area (Å²) in [5.41, 5.74) is 5.40. The van der Waals surface area contributed by atoms with Gasteiger partial charge in [-0.1, -0.05) is 6.92 Å². The van der Waals surface area contributed by atoms with Gasteiger partial charge in [0.15, 0.2) is 0 Å². The van der Waals surface area contributed by atoms with Crippen LogP contribution in [0.2, 0.25) is 0 Å². The third kappa shape index (κ3) is 4.19. The maximum atomic E-state index is 12.7. The van der Waals surface area contributed by atoms with Gasteiger partial charge in [-0.05, 0) is 58.0 Å². The van der Waals surface area contributed by atoms with Crippen LogP contribution in [0.15, 0.2) is 0 Å². The molecule has 0 spiro atoms. The van der Waals surface area contributed by atoms with E-state index in [1.165, 1.54) is 19.3 Å². The summed E-state index contributed by atoms with van der Waals surface area (Å²) >= 11 is 0. The number of nitrogens with two attached hydrogens (primary N) is 1. The van der Waals surface area contributed by atoms with E-state index in [4.69, 9.17) is 5.73 Å². The Morgan fingerprint density at radius 3 is 2.52 bits per heavy atom. The van der Waals surface area contributed by atoms with Crippen LogP contribution in [0.5, 0.6) is 0 Å². The molecule has 5 heteroatoms. The van der Waals surface area contributed by atoms with Gasteiger partial charge >= 0.3 is 0 Å². The van der Waals surface area contributed by atoms with Crippen molar-refractivity contribution in [3.05, 3.63) is 0 Å². The summed E-state index contributed by atoms with van der Waals surface area (Å²) in [5.74, 6) is 0.477. The fourth-order valence-corrected chi connectivity index (χ4v) is 3.50. The predicted octanol–water partition coefficient (Wildman–Crippen LogP) is 1.22. The zero-order valence-electron chi connectivity index (χ0n) is 13.4. The number of carbonyl (C=O) groups is 2. The molecule has 0 aromatic rings. The Kier molecular flexibility index (Phi) is 5.62. The maximum absolute atomic E-state index is 12.7. The molecule has 0 aromatic heterocycles. The normalized spacial score (nSPS) is 29.7. The molecule has 2 amide bonds. The van der Waals surface area contributed by atoms with Gasteiger partial charge in [-0.2, -0.15) is 0 Å². The molecule has 2 fully saturated rings. The Hall–Kier alpha value is -1.10. The standard InChI is InChI=1S/C16H29N3O2/c1-12-5-3-8-18(10-7-12)13(2)16(21)19-9-4-6-14(11-19)15(17)20/h12-14H,3-11H2,1-2H3,(H2,17,20)/t12-,13-,14+/m1/s1. The Morgan fingerprint density at radius 2 is 1.81 bits per heavy atom. The molecule has 120 valence electrons. The first-order chi connectivity index (χ1) is 9.99. The van der Waals surface area contributed by atoms with E-state index in [-0.39, 0.29) is 23.8 Å². The van der Waals surface area contributed by atoms with Crippen LogP contribution in [0.25, 0.3) is 0 Å². The molecule has 0 aromatic carbocycles. The van der Waals surface area contributed by atoms with Gasteiger partial charge in [-0.15, -0.1) is 0 Å². The number of amides is 2. The largest absolute Gasteiger partial charge is 0.369 e. The Morgan fingerprint density at radius 1 is 1.10 bits per heavy atom. The van der Waals surface area contributed by atoms with E-state index in [0.29, 0.717) is 6.54 Å². The van der Waals surface area contributed by atoms with Gasteiger partial charge in [0.05, 0.1) is 12.0 Å². The van der Waals surface area contributed by atoms with Crippen LogP contribution in [0.3, 0.4) is 0 Å². The number of piperidine rings is 1. The van der Waals surface area contributed by atoms with Crippen molar-refractivity contribution in [3.8, 4) is 0 Å². The molecular weight excluding hydrogens is 266 g/mol. The van der Waals surface area contributed by atoms with Crippen LogP contribution >= 0.6 is 0 Å². The minimum absolute atomic E-state index is 0.0815. The molecule has 2 aliphatic rings. The summed E-state index contributed by atoms with van der Waals surface area (Å²) in [4.78, 5) is 28.2. The Balaban J connectivity index is 1.93. The van der Waals surface area contributed by atoms with Crippen molar-refractivity contribution in [3.63, 3.8) is 0 Å². The molecule has 2 heterocycles. The van der Waals surface area contributed by atoms with E-state index in [0.717, 1.165) is 38.4 Å². The van der Waals surface area contributed by atoms with Gasteiger partial charge in [0.1, 0.15) is 0 Å². The number of hydrogen-bond acceptors (Lipinski definition) is 3. The van der Waals surface area contributed by atoms with Gasteiger partial charge in [-0.25, -0.2) is 0 Å². The van der Waals surface area contributed by atoms with Crippen LogP contribution in [0, 0.1) is 11.8 Å². The zero-order chi connectivity index (χ0) is 15.4. The molecule has 0 unspecified atom stereocenters. The Labute approximate surface area is 127 Å². The summed E-state index contributed by atoms with van der Waals surface area (Å²) < 4.78 is 0. The molecule has 0 aliphatic carbocycles. The Bertz CT molecular complexity index is 386. The van der Waals surface area contributed by atoms with Crippen LogP contribution < -0.4 is 5.73 Å². The second-order valence-corrected chi connectivity index (χ2v) is 6.77. The average molecular weight is 295 g/mol. The van der Waals surface area contributed by atoms with Crippen molar-refractivity contribution < 1.29 is 9.59 Å². The van der Waals surface area contributed by atoms with Crippen molar-refractivity contribution >= 4 is 11.8 Å². The van der Waals surface area contributed by atoms with E-state index in [2.05, 4.69) is 11.8 Å². The molecule has 2 rings (SSSR count). The first-order valence-electron chi connectivity index (χ1n) is 8.31. The lowest BCUT2D eigenvalue weighted by Gasteiger charge is -2.36. The van der Waals surface area contributed by atoms with Crippen LogP contribution in [0.4, 0.5) is 0 Å². The fraction of sp³-hybridized carbons (Fsp3) is 0.875. The first kappa shape index (κ1) is 16.3.